The predicted octanol–water partition coefficient (Wildman–Crippen LogP) is 3.01. The lowest BCUT2D eigenvalue weighted by molar-refractivity contribution is 0.0926. The molecule has 10 nitrogen and oxygen atoms in total. The van der Waals surface area contributed by atoms with Gasteiger partial charge in [-0.15, -0.1) is 0 Å². The molecule has 1 amide bonds. The fraction of sp³-hybridized carbons (Fsp3) is 0.458. The van der Waals surface area contributed by atoms with E-state index in [1.807, 2.05) is 51.2 Å². The average Bonchev–Trinajstić information content (AvgIpc) is 3.57. The van der Waals surface area contributed by atoms with Crippen LogP contribution in [0, 0.1) is 5.92 Å². The number of aryl methyl sites for hydroxylation is 1. The summed E-state index contributed by atoms with van der Waals surface area (Å²) in [5.41, 5.74) is 2.32. The van der Waals surface area contributed by atoms with Crippen molar-refractivity contribution in [3.8, 4) is 11.3 Å². The van der Waals surface area contributed by atoms with Crippen molar-refractivity contribution in [2.45, 2.75) is 38.8 Å². The number of aromatic nitrogens is 6. The third-order valence-electron chi connectivity index (χ3n) is 6.25. The number of rotatable bonds is 5. The smallest absolute Gasteiger partial charge is 0.273 e. The number of nitrogens with zero attached hydrogens (tertiary/aromatic N) is 7. The Hall–Kier alpha value is -3.76. The molecule has 2 atom stereocenters. The minimum Gasteiger partial charge on any atom is -0.448 e. The normalized spacial score (nSPS) is 18.8. The van der Waals surface area contributed by atoms with Gasteiger partial charge in [-0.1, -0.05) is 20.8 Å². The second-order valence-electron chi connectivity index (χ2n) is 10.0. The Balaban J connectivity index is 1.27. The quantitative estimate of drug-likeness (QED) is 0.468. The van der Waals surface area contributed by atoms with Gasteiger partial charge in [-0.3, -0.25) is 9.48 Å². The van der Waals surface area contributed by atoms with E-state index in [4.69, 9.17) is 9.40 Å². The fourth-order valence-corrected chi connectivity index (χ4v) is 4.25. The Labute approximate surface area is 202 Å². The van der Waals surface area contributed by atoms with E-state index < -0.39 is 6.17 Å². The van der Waals surface area contributed by atoms with Crippen molar-refractivity contribution in [1.29, 1.82) is 0 Å². The Morgan fingerprint density at radius 1 is 1.26 bits per heavy atom. The minimum atomic E-state index is -1.13. The number of fused-ring (bicyclic) bond motifs is 1. The van der Waals surface area contributed by atoms with E-state index in [1.165, 1.54) is 6.26 Å². The molecular weight excluding hydrogens is 451 g/mol. The van der Waals surface area contributed by atoms with E-state index in [-0.39, 0.29) is 36.0 Å². The monoisotopic (exact) mass is 480 g/mol. The van der Waals surface area contributed by atoms with E-state index in [2.05, 4.69) is 20.5 Å². The van der Waals surface area contributed by atoms with Gasteiger partial charge in [0.05, 0.1) is 30.8 Å². The molecule has 4 aromatic rings. The third-order valence-corrected chi connectivity index (χ3v) is 6.25. The highest BCUT2D eigenvalue weighted by Gasteiger charge is 2.32. The lowest BCUT2D eigenvalue weighted by atomic mass is 9.94. The van der Waals surface area contributed by atoms with E-state index in [0.29, 0.717) is 24.7 Å². The Bertz CT molecular complexity index is 1350. The SMILES string of the molecule is Cn1cc(-c2cn3nccc3c(N3CCC(CNC(=O)c4coc(C(C)(C)C)n4)C(F)C3)n2)cn1. The number of oxazole rings is 1. The summed E-state index contributed by atoms with van der Waals surface area (Å²) in [6, 6.07) is 1.87. The van der Waals surface area contributed by atoms with Crippen LogP contribution in [0.15, 0.2) is 41.5 Å². The summed E-state index contributed by atoms with van der Waals surface area (Å²) < 4.78 is 24.2. The molecule has 11 heteroatoms. The zero-order chi connectivity index (χ0) is 24.7. The van der Waals surface area contributed by atoms with E-state index in [0.717, 1.165) is 16.8 Å². The molecule has 1 N–H and O–H groups in total. The molecule has 1 saturated heterocycles. The molecule has 2 unspecified atom stereocenters. The molecule has 5 heterocycles. The number of alkyl halides is 1. The summed E-state index contributed by atoms with van der Waals surface area (Å²) in [6.07, 6.45) is 7.98. The molecule has 0 spiro atoms. The number of amides is 1. The Morgan fingerprint density at radius 2 is 2.09 bits per heavy atom. The molecule has 1 aliphatic rings. The first-order chi connectivity index (χ1) is 16.7. The lowest BCUT2D eigenvalue weighted by Gasteiger charge is -2.35. The molecule has 0 aliphatic carbocycles. The van der Waals surface area contributed by atoms with Crippen LogP contribution in [0.25, 0.3) is 16.8 Å². The van der Waals surface area contributed by atoms with Gasteiger partial charge in [-0.25, -0.2) is 18.9 Å². The van der Waals surface area contributed by atoms with Crippen LogP contribution in [0.5, 0.6) is 0 Å². The molecule has 5 rings (SSSR count). The zero-order valence-electron chi connectivity index (χ0n) is 20.3. The van der Waals surface area contributed by atoms with E-state index >= 15 is 4.39 Å². The van der Waals surface area contributed by atoms with Gasteiger partial charge in [-0.05, 0) is 12.5 Å². The Morgan fingerprint density at radius 3 is 2.77 bits per heavy atom. The number of anilines is 1. The van der Waals surface area contributed by atoms with E-state index in [1.54, 1.807) is 21.6 Å². The molecule has 1 aliphatic heterocycles. The van der Waals surface area contributed by atoms with E-state index in [9.17, 15) is 4.79 Å². The van der Waals surface area contributed by atoms with Crippen molar-refractivity contribution in [2.24, 2.45) is 13.0 Å². The molecule has 35 heavy (non-hydrogen) atoms. The van der Waals surface area contributed by atoms with Gasteiger partial charge < -0.3 is 14.6 Å². The van der Waals surface area contributed by atoms with Crippen molar-refractivity contribution in [2.75, 3.05) is 24.5 Å². The first-order valence-corrected chi connectivity index (χ1v) is 11.7. The van der Waals surface area contributed by atoms with Gasteiger partial charge >= 0.3 is 0 Å². The number of hydrogen-bond acceptors (Lipinski definition) is 7. The van der Waals surface area contributed by atoms with Crippen LogP contribution in [-0.2, 0) is 12.5 Å². The largest absolute Gasteiger partial charge is 0.448 e. The molecule has 0 saturated carbocycles. The average molecular weight is 481 g/mol. The standard InChI is InChI=1S/C24H29FN8O2/c1-24(2,3)23-30-19(14-35-23)22(34)26-9-15-6-8-32(12-17(15)25)21-20-5-7-27-33(20)13-18(29-21)16-10-28-31(4)11-16/h5,7,10-11,13-15,17H,6,8-9,12H2,1-4H3,(H,26,34). The summed E-state index contributed by atoms with van der Waals surface area (Å²) in [5.74, 6) is 0.523. The van der Waals surface area contributed by atoms with Gasteiger partial charge in [-0.2, -0.15) is 10.2 Å². The third kappa shape index (κ3) is 4.62. The highest BCUT2D eigenvalue weighted by atomic mass is 19.1. The summed E-state index contributed by atoms with van der Waals surface area (Å²) in [6.45, 7) is 6.91. The van der Waals surface area contributed by atoms with Crippen LogP contribution >= 0.6 is 0 Å². The number of nitrogens with one attached hydrogen (secondary N) is 1. The number of carbonyl (C=O) groups excluding carboxylic acids is 1. The Kier molecular flexibility index (Phi) is 5.78. The first kappa shape index (κ1) is 23.0. The summed E-state index contributed by atoms with van der Waals surface area (Å²) in [4.78, 5) is 23.6. The minimum absolute atomic E-state index is 0.184. The summed E-state index contributed by atoms with van der Waals surface area (Å²) in [5, 5.41) is 11.4. The van der Waals surface area contributed by atoms with Crippen molar-refractivity contribution < 1.29 is 13.6 Å². The van der Waals surface area contributed by atoms with Gasteiger partial charge in [0.1, 0.15) is 18.0 Å². The maximum atomic E-state index is 15.3. The summed E-state index contributed by atoms with van der Waals surface area (Å²) in [7, 11) is 1.85. The second kappa shape index (κ2) is 8.79. The number of piperidine rings is 1. The molecule has 0 radical (unpaired) electrons. The van der Waals surface area contributed by atoms with Gasteiger partial charge in [0.25, 0.3) is 5.91 Å². The topological polar surface area (TPSA) is 106 Å². The molecule has 0 bridgehead atoms. The zero-order valence-corrected chi connectivity index (χ0v) is 20.3. The highest BCUT2D eigenvalue weighted by Crippen LogP contribution is 2.29. The first-order valence-electron chi connectivity index (χ1n) is 11.7. The molecule has 4 aromatic heterocycles. The second-order valence-corrected chi connectivity index (χ2v) is 10.0. The maximum absolute atomic E-state index is 15.3. The molecular formula is C24H29FN8O2. The van der Waals surface area contributed by atoms with Crippen LogP contribution < -0.4 is 10.2 Å². The van der Waals surface area contributed by atoms with Gasteiger partial charge in [0.2, 0.25) is 0 Å². The molecule has 1 fully saturated rings. The van der Waals surface area contributed by atoms with Crippen molar-refractivity contribution in [3.63, 3.8) is 0 Å². The number of halogens is 1. The molecule has 184 valence electrons. The van der Waals surface area contributed by atoms with Crippen LogP contribution in [0.2, 0.25) is 0 Å². The number of carbonyl (C=O) groups is 1. The molecule has 0 aromatic carbocycles. The number of hydrogen-bond donors (Lipinski definition) is 1. The van der Waals surface area contributed by atoms with Crippen LogP contribution in [0.4, 0.5) is 10.2 Å². The van der Waals surface area contributed by atoms with Crippen molar-refractivity contribution in [1.82, 2.24) is 34.7 Å². The predicted molar refractivity (Wildman–Crippen MR) is 128 cm³/mol. The van der Waals surface area contributed by atoms with Crippen molar-refractivity contribution in [3.05, 3.63) is 48.7 Å². The maximum Gasteiger partial charge on any atom is 0.273 e. The van der Waals surface area contributed by atoms with Gasteiger partial charge in [0.15, 0.2) is 17.4 Å². The van der Waals surface area contributed by atoms with Crippen LogP contribution in [-0.4, -0.2) is 61.1 Å². The lowest BCUT2D eigenvalue weighted by Crippen LogP contribution is -2.46. The highest BCUT2D eigenvalue weighted by molar-refractivity contribution is 5.91. The summed E-state index contributed by atoms with van der Waals surface area (Å²) >= 11 is 0. The fourth-order valence-electron chi connectivity index (χ4n) is 4.25. The van der Waals surface area contributed by atoms with Crippen molar-refractivity contribution >= 4 is 17.2 Å². The van der Waals surface area contributed by atoms with Gasteiger partial charge in [0, 0.05) is 43.2 Å². The van der Waals surface area contributed by atoms with Crippen LogP contribution in [0.1, 0.15) is 43.6 Å². The van der Waals surface area contributed by atoms with Crippen LogP contribution in [0.3, 0.4) is 0 Å².